The summed E-state index contributed by atoms with van der Waals surface area (Å²) in [5.41, 5.74) is 1.12. The Morgan fingerprint density at radius 1 is 1.25 bits per heavy atom. The molecule has 1 saturated heterocycles. The van der Waals surface area contributed by atoms with Crippen molar-refractivity contribution in [3.05, 3.63) is 29.3 Å². The second-order valence-electron chi connectivity index (χ2n) is 8.90. The van der Waals surface area contributed by atoms with E-state index in [0.717, 1.165) is 50.3 Å². The molecule has 6 heteroatoms. The molecule has 2 aliphatic rings. The summed E-state index contributed by atoms with van der Waals surface area (Å²) < 4.78 is 39.2. The summed E-state index contributed by atoms with van der Waals surface area (Å²) in [5.74, 6) is 1.10. The van der Waals surface area contributed by atoms with Gasteiger partial charge in [0.1, 0.15) is 0 Å². The predicted octanol–water partition coefficient (Wildman–Crippen LogP) is 4.95. The summed E-state index contributed by atoms with van der Waals surface area (Å²) in [7, 11) is 2.17. The average molecular weight is 398 g/mol. The van der Waals surface area contributed by atoms with Crippen molar-refractivity contribution in [1.29, 1.82) is 0 Å². The number of fused-ring (bicyclic) bond motifs is 1. The minimum atomic E-state index is -4.28. The van der Waals surface area contributed by atoms with Crippen molar-refractivity contribution in [3.8, 4) is 0 Å². The molecule has 3 rings (SSSR count). The molecular weight excluding hydrogens is 363 g/mol. The van der Waals surface area contributed by atoms with E-state index in [4.69, 9.17) is 0 Å². The molecule has 28 heavy (non-hydrogen) atoms. The Hall–Kier alpha value is -1.27. The third-order valence-corrected chi connectivity index (χ3v) is 6.64. The van der Waals surface area contributed by atoms with Gasteiger partial charge in [0.2, 0.25) is 0 Å². The fourth-order valence-electron chi connectivity index (χ4n) is 4.48. The highest BCUT2D eigenvalue weighted by Gasteiger charge is 2.33. The van der Waals surface area contributed by atoms with Crippen molar-refractivity contribution in [2.75, 3.05) is 38.5 Å². The summed E-state index contributed by atoms with van der Waals surface area (Å²) >= 11 is 0. The van der Waals surface area contributed by atoms with E-state index in [2.05, 4.69) is 36.4 Å². The highest BCUT2D eigenvalue weighted by Crippen LogP contribution is 2.40. The van der Waals surface area contributed by atoms with Gasteiger partial charge in [0.05, 0.1) is 5.56 Å². The van der Waals surface area contributed by atoms with E-state index in [1.165, 1.54) is 25.0 Å². The molecule has 1 fully saturated rings. The van der Waals surface area contributed by atoms with E-state index in [1.807, 2.05) is 0 Å². The standard InChI is InChI=1S/C22H34F3N3/c1-15(13-26-19-8-10-28(3)11-9-19)4-5-17-14-27-21-7-6-18(22(23,24)25)12-20(21)16(17)2/h6-7,12,15-17,19,26-27H,4-5,8-11,13-14H2,1-3H3. The first-order valence-electron chi connectivity index (χ1n) is 10.6. The molecule has 3 unspecified atom stereocenters. The van der Waals surface area contributed by atoms with Crippen LogP contribution in [0.1, 0.15) is 56.6 Å². The van der Waals surface area contributed by atoms with Crippen LogP contribution < -0.4 is 10.6 Å². The zero-order chi connectivity index (χ0) is 20.3. The lowest BCUT2D eigenvalue weighted by molar-refractivity contribution is -0.137. The number of hydrogen-bond donors (Lipinski definition) is 2. The lowest BCUT2D eigenvalue weighted by Crippen LogP contribution is -2.42. The SMILES string of the molecule is CC(CCC1CNc2ccc(C(F)(F)F)cc2C1C)CNC1CCN(C)CC1. The molecule has 3 nitrogen and oxygen atoms in total. The van der Waals surface area contributed by atoms with Gasteiger partial charge in [0, 0.05) is 18.3 Å². The van der Waals surface area contributed by atoms with E-state index in [0.29, 0.717) is 17.9 Å². The molecule has 1 aromatic carbocycles. The molecule has 2 N–H and O–H groups in total. The van der Waals surface area contributed by atoms with E-state index < -0.39 is 11.7 Å². The van der Waals surface area contributed by atoms with Crippen molar-refractivity contribution < 1.29 is 13.2 Å². The van der Waals surface area contributed by atoms with Gasteiger partial charge in [-0.15, -0.1) is 0 Å². The fraction of sp³-hybridized carbons (Fsp3) is 0.727. The van der Waals surface area contributed by atoms with Gasteiger partial charge in [-0.3, -0.25) is 0 Å². The fourth-order valence-corrected chi connectivity index (χ4v) is 4.48. The van der Waals surface area contributed by atoms with Gasteiger partial charge < -0.3 is 15.5 Å². The number of hydrogen-bond acceptors (Lipinski definition) is 3. The largest absolute Gasteiger partial charge is 0.416 e. The highest BCUT2D eigenvalue weighted by molar-refractivity contribution is 5.56. The van der Waals surface area contributed by atoms with Crippen molar-refractivity contribution in [1.82, 2.24) is 10.2 Å². The number of nitrogens with one attached hydrogen (secondary N) is 2. The Kier molecular flexibility index (Phi) is 6.92. The van der Waals surface area contributed by atoms with Crippen LogP contribution in [0.4, 0.5) is 18.9 Å². The minimum absolute atomic E-state index is 0.146. The number of piperidine rings is 1. The summed E-state index contributed by atoms with van der Waals surface area (Å²) in [6.07, 6.45) is 0.288. The molecule has 0 aromatic heterocycles. The molecule has 0 radical (unpaired) electrons. The number of alkyl halides is 3. The number of rotatable bonds is 6. The Balaban J connectivity index is 1.49. The van der Waals surface area contributed by atoms with Gasteiger partial charge in [-0.2, -0.15) is 13.2 Å². The van der Waals surface area contributed by atoms with E-state index in [-0.39, 0.29) is 5.92 Å². The smallest absolute Gasteiger partial charge is 0.385 e. The molecule has 1 aromatic rings. The number of anilines is 1. The van der Waals surface area contributed by atoms with Gasteiger partial charge in [-0.25, -0.2) is 0 Å². The van der Waals surface area contributed by atoms with Gasteiger partial charge in [-0.1, -0.05) is 13.8 Å². The Morgan fingerprint density at radius 2 is 1.96 bits per heavy atom. The number of nitrogens with zero attached hydrogens (tertiary/aromatic N) is 1. The van der Waals surface area contributed by atoms with Crippen molar-refractivity contribution in [3.63, 3.8) is 0 Å². The zero-order valence-corrected chi connectivity index (χ0v) is 17.3. The first-order valence-corrected chi connectivity index (χ1v) is 10.6. The Bertz CT molecular complexity index is 638. The normalized spacial score (nSPS) is 25.2. The summed E-state index contributed by atoms with van der Waals surface area (Å²) in [6, 6.07) is 4.72. The molecule has 0 amide bonds. The van der Waals surface area contributed by atoms with Crippen molar-refractivity contribution in [2.24, 2.45) is 11.8 Å². The second kappa shape index (κ2) is 9.04. The van der Waals surface area contributed by atoms with Gasteiger partial charge in [-0.05, 0) is 93.9 Å². The van der Waals surface area contributed by atoms with E-state index in [9.17, 15) is 13.2 Å². The van der Waals surface area contributed by atoms with Crippen LogP contribution in [0, 0.1) is 11.8 Å². The van der Waals surface area contributed by atoms with E-state index >= 15 is 0 Å². The third-order valence-electron chi connectivity index (χ3n) is 6.64. The molecule has 3 atom stereocenters. The first kappa shape index (κ1) is 21.4. The van der Waals surface area contributed by atoms with Crippen LogP contribution in [0.5, 0.6) is 0 Å². The van der Waals surface area contributed by atoms with Gasteiger partial charge >= 0.3 is 6.18 Å². The Morgan fingerprint density at radius 3 is 2.64 bits per heavy atom. The van der Waals surface area contributed by atoms with Gasteiger partial charge in [0.25, 0.3) is 0 Å². The minimum Gasteiger partial charge on any atom is -0.385 e. The molecular formula is C22H34F3N3. The number of benzene rings is 1. The van der Waals surface area contributed by atoms with Crippen LogP contribution in [0.2, 0.25) is 0 Å². The predicted molar refractivity (Wildman–Crippen MR) is 109 cm³/mol. The maximum Gasteiger partial charge on any atom is 0.416 e. The number of halogens is 3. The topological polar surface area (TPSA) is 27.3 Å². The molecule has 158 valence electrons. The maximum absolute atomic E-state index is 13.1. The van der Waals surface area contributed by atoms with Crippen LogP contribution in [0.3, 0.4) is 0 Å². The third kappa shape index (κ3) is 5.41. The summed E-state index contributed by atoms with van der Waals surface area (Å²) in [6.45, 7) is 8.55. The molecule has 2 aliphatic heterocycles. The summed E-state index contributed by atoms with van der Waals surface area (Å²) in [4.78, 5) is 2.38. The lowest BCUT2D eigenvalue weighted by atomic mass is 9.79. The quantitative estimate of drug-likeness (QED) is 0.711. The van der Waals surface area contributed by atoms with Crippen molar-refractivity contribution in [2.45, 2.75) is 57.7 Å². The monoisotopic (exact) mass is 397 g/mol. The van der Waals surface area contributed by atoms with Crippen LogP contribution in [-0.2, 0) is 6.18 Å². The molecule has 0 aliphatic carbocycles. The van der Waals surface area contributed by atoms with Crippen LogP contribution in [0.15, 0.2) is 18.2 Å². The zero-order valence-electron chi connectivity index (χ0n) is 17.3. The van der Waals surface area contributed by atoms with Gasteiger partial charge in [0.15, 0.2) is 0 Å². The maximum atomic E-state index is 13.1. The Labute approximate surface area is 167 Å². The lowest BCUT2D eigenvalue weighted by Gasteiger charge is -2.34. The molecule has 0 bridgehead atoms. The average Bonchev–Trinajstić information content (AvgIpc) is 2.66. The molecule has 0 saturated carbocycles. The van der Waals surface area contributed by atoms with Crippen LogP contribution in [0.25, 0.3) is 0 Å². The highest BCUT2D eigenvalue weighted by atomic mass is 19.4. The van der Waals surface area contributed by atoms with E-state index in [1.54, 1.807) is 6.07 Å². The molecule has 2 heterocycles. The molecule has 0 spiro atoms. The summed E-state index contributed by atoms with van der Waals surface area (Å²) in [5, 5.41) is 7.06. The number of likely N-dealkylation sites (tertiary alicyclic amines) is 1. The van der Waals surface area contributed by atoms with Crippen LogP contribution in [-0.4, -0.2) is 44.2 Å². The first-order chi connectivity index (χ1) is 13.2. The van der Waals surface area contributed by atoms with Crippen LogP contribution >= 0.6 is 0 Å². The van der Waals surface area contributed by atoms with Crippen molar-refractivity contribution >= 4 is 5.69 Å². The second-order valence-corrected chi connectivity index (χ2v) is 8.90.